The van der Waals surface area contributed by atoms with E-state index in [-0.39, 0.29) is 17.2 Å². The summed E-state index contributed by atoms with van der Waals surface area (Å²) in [7, 11) is 0. The second kappa shape index (κ2) is 6.43. The molecule has 0 aromatic heterocycles. The number of hydrogen-bond donors (Lipinski definition) is 2. The van der Waals surface area contributed by atoms with E-state index in [9.17, 15) is 4.79 Å². The summed E-state index contributed by atoms with van der Waals surface area (Å²) in [6.45, 7) is 1.41. The Morgan fingerprint density at radius 2 is 1.55 bits per heavy atom. The van der Waals surface area contributed by atoms with Crippen LogP contribution in [0, 0.1) is 5.41 Å². The molecule has 0 unspecified atom stereocenters. The van der Waals surface area contributed by atoms with Gasteiger partial charge in [-0.25, -0.2) is 0 Å². The SMILES string of the molecule is CC(=O)/C(=N/Nc1ccccc1)C(=N)c1ccccc1. The number of Topliss-reactive ketones (excluding diaryl/α,β-unsaturated/α-hetero) is 1. The Hall–Kier alpha value is -2.75. The van der Waals surface area contributed by atoms with E-state index in [1.807, 2.05) is 48.5 Å². The molecule has 0 amide bonds. The highest BCUT2D eigenvalue weighted by molar-refractivity contribution is 6.69. The van der Waals surface area contributed by atoms with E-state index in [0.717, 1.165) is 5.69 Å². The third-order valence-electron chi connectivity index (χ3n) is 2.70. The van der Waals surface area contributed by atoms with Crippen molar-refractivity contribution in [1.82, 2.24) is 0 Å². The fourth-order valence-corrected chi connectivity index (χ4v) is 1.69. The first-order valence-corrected chi connectivity index (χ1v) is 6.22. The van der Waals surface area contributed by atoms with Crippen LogP contribution < -0.4 is 5.43 Å². The van der Waals surface area contributed by atoms with Gasteiger partial charge in [-0.15, -0.1) is 0 Å². The van der Waals surface area contributed by atoms with E-state index in [2.05, 4.69) is 10.5 Å². The van der Waals surface area contributed by atoms with Gasteiger partial charge in [0.05, 0.1) is 11.4 Å². The molecule has 0 saturated carbocycles. The van der Waals surface area contributed by atoms with Crippen molar-refractivity contribution in [2.75, 3.05) is 5.43 Å². The summed E-state index contributed by atoms with van der Waals surface area (Å²) >= 11 is 0. The van der Waals surface area contributed by atoms with Crippen molar-refractivity contribution in [1.29, 1.82) is 5.41 Å². The molecule has 2 aromatic rings. The molecule has 0 aliphatic heterocycles. The predicted octanol–water partition coefficient (Wildman–Crippen LogP) is 3.11. The summed E-state index contributed by atoms with van der Waals surface area (Å²) in [5, 5.41) is 12.2. The number of nitrogens with one attached hydrogen (secondary N) is 2. The number of benzene rings is 2. The lowest BCUT2D eigenvalue weighted by molar-refractivity contribution is -0.110. The fourth-order valence-electron chi connectivity index (χ4n) is 1.69. The minimum absolute atomic E-state index is 0.111. The van der Waals surface area contributed by atoms with Crippen LogP contribution in [0.5, 0.6) is 0 Å². The molecule has 0 fully saturated rings. The minimum atomic E-state index is -0.248. The Labute approximate surface area is 117 Å². The summed E-state index contributed by atoms with van der Waals surface area (Å²) in [6.07, 6.45) is 0. The van der Waals surface area contributed by atoms with Crippen molar-refractivity contribution in [3.63, 3.8) is 0 Å². The number of anilines is 1. The second-order valence-corrected chi connectivity index (χ2v) is 4.24. The molecule has 0 aliphatic rings. The first kappa shape index (κ1) is 13.7. The van der Waals surface area contributed by atoms with Crippen molar-refractivity contribution in [2.45, 2.75) is 6.92 Å². The highest BCUT2D eigenvalue weighted by atomic mass is 16.1. The Morgan fingerprint density at radius 3 is 2.10 bits per heavy atom. The molecule has 0 saturated heterocycles. The zero-order valence-electron chi connectivity index (χ0n) is 11.1. The Kier molecular flexibility index (Phi) is 4.39. The normalized spacial score (nSPS) is 10.9. The number of carbonyl (C=O) groups is 1. The minimum Gasteiger partial charge on any atom is -0.298 e. The highest BCUT2D eigenvalue weighted by Crippen LogP contribution is 2.07. The van der Waals surface area contributed by atoms with Crippen molar-refractivity contribution in [3.8, 4) is 0 Å². The zero-order chi connectivity index (χ0) is 14.4. The number of para-hydroxylation sites is 1. The van der Waals surface area contributed by atoms with E-state index in [4.69, 9.17) is 5.41 Å². The van der Waals surface area contributed by atoms with Crippen molar-refractivity contribution in [3.05, 3.63) is 66.2 Å². The molecule has 2 aromatic carbocycles. The monoisotopic (exact) mass is 265 g/mol. The van der Waals surface area contributed by atoms with E-state index in [1.54, 1.807) is 12.1 Å². The van der Waals surface area contributed by atoms with Gasteiger partial charge in [0.1, 0.15) is 0 Å². The van der Waals surface area contributed by atoms with E-state index >= 15 is 0 Å². The molecule has 4 heteroatoms. The molecule has 4 nitrogen and oxygen atoms in total. The Balaban J connectivity index is 2.23. The van der Waals surface area contributed by atoms with Gasteiger partial charge in [-0.1, -0.05) is 48.5 Å². The van der Waals surface area contributed by atoms with Gasteiger partial charge < -0.3 is 0 Å². The van der Waals surface area contributed by atoms with E-state index in [1.165, 1.54) is 6.92 Å². The van der Waals surface area contributed by atoms with Gasteiger partial charge >= 0.3 is 0 Å². The van der Waals surface area contributed by atoms with Crippen LogP contribution in [0.2, 0.25) is 0 Å². The Bertz CT molecular complexity index is 633. The van der Waals surface area contributed by atoms with Crippen LogP contribution in [0.3, 0.4) is 0 Å². The molecule has 0 spiro atoms. The van der Waals surface area contributed by atoms with E-state index < -0.39 is 0 Å². The van der Waals surface area contributed by atoms with Gasteiger partial charge in [0, 0.05) is 12.5 Å². The quantitative estimate of drug-likeness (QED) is 0.644. The maximum atomic E-state index is 11.7. The molecule has 0 atom stereocenters. The topological polar surface area (TPSA) is 65.3 Å². The van der Waals surface area contributed by atoms with Crippen LogP contribution in [0.4, 0.5) is 5.69 Å². The molecule has 2 rings (SSSR count). The molecule has 2 N–H and O–H groups in total. The molecule has 0 radical (unpaired) electrons. The number of hydrogen-bond acceptors (Lipinski definition) is 4. The third-order valence-corrected chi connectivity index (χ3v) is 2.70. The maximum Gasteiger partial charge on any atom is 0.182 e. The summed E-state index contributed by atoms with van der Waals surface area (Å²) in [5.74, 6) is -0.248. The number of nitrogens with zero attached hydrogens (tertiary/aromatic N) is 1. The first-order chi connectivity index (χ1) is 9.68. The summed E-state index contributed by atoms with van der Waals surface area (Å²) < 4.78 is 0. The standard InChI is InChI=1S/C16H15N3O/c1-12(20)16(15(17)13-8-4-2-5-9-13)19-18-14-10-6-3-7-11-14/h2-11,17-18H,1H3/b17-15?,19-16-. The largest absolute Gasteiger partial charge is 0.298 e. The molecule has 100 valence electrons. The van der Waals surface area contributed by atoms with Gasteiger partial charge in [0.2, 0.25) is 0 Å². The predicted molar refractivity (Wildman–Crippen MR) is 81.5 cm³/mol. The molecular formula is C16H15N3O. The first-order valence-electron chi connectivity index (χ1n) is 6.22. The molecule has 0 aliphatic carbocycles. The van der Waals surface area contributed by atoms with E-state index in [0.29, 0.717) is 5.56 Å². The van der Waals surface area contributed by atoms with Crippen LogP contribution in [0.15, 0.2) is 65.8 Å². The average Bonchev–Trinajstić information content (AvgIpc) is 2.49. The molecular weight excluding hydrogens is 250 g/mol. The van der Waals surface area contributed by atoms with Gasteiger partial charge in [0.15, 0.2) is 11.5 Å². The number of carbonyl (C=O) groups excluding carboxylic acids is 1. The lowest BCUT2D eigenvalue weighted by Crippen LogP contribution is -2.23. The van der Waals surface area contributed by atoms with Crippen molar-refractivity contribution >= 4 is 22.9 Å². The number of ketones is 1. The van der Waals surface area contributed by atoms with Crippen molar-refractivity contribution < 1.29 is 4.79 Å². The van der Waals surface area contributed by atoms with Crippen LogP contribution in [-0.2, 0) is 4.79 Å². The third kappa shape index (κ3) is 3.38. The lowest BCUT2D eigenvalue weighted by Gasteiger charge is -2.06. The van der Waals surface area contributed by atoms with Gasteiger partial charge in [-0.3, -0.25) is 15.6 Å². The highest BCUT2D eigenvalue weighted by Gasteiger charge is 2.14. The number of hydrazone groups is 1. The Morgan fingerprint density at radius 1 is 1.00 bits per heavy atom. The van der Waals surface area contributed by atoms with Crippen LogP contribution in [-0.4, -0.2) is 17.2 Å². The van der Waals surface area contributed by atoms with Crippen molar-refractivity contribution in [2.24, 2.45) is 5.10 Å². The summed E-state index contributed by atoms with van der Waals surface area (Å²) in [6, 6.07) is 18.4. The molecule has 0 bridgehead atoms. The van der Waals surface area contributed by atoms with Gasteiger partial charge in [-0.05, 0) is 12.1 Å². The summed E-state index contributed by atoms with van der Waals surface area (Å²) in [5.41, 5.74) is 4.46. The van der Waals surface area contributed by atoms with Crippen LogP contribution in [0.25, 0.3) is 0 Å². The lowest BCUT2D eigenvalue weighted by atomic mass is 10.0. The zero-order valence-corrected chi connectivity index (χ0v) is 11.1. The summed E-state index contributed by atoms with van der Waals surface area (Å²) in [4.78, 5) is 11.7. The average molecular weight is 265 g/mol. The number of rotatable bonds is 5. The van der Waals surface area contributed by atoms with Crippen LogP contribution in [0.1, 0.15) is 12.5 Å². The molecule has 0 heterocycles. The smallest absolute Gasteiger partial charge is 0.182 e. The molecule has 20 heavy (non-hydrogen) atoms. The van der Waals surface area contributed by atoms with Gasteiger partial charge in [-0.2, -0.15) is 5.10 Å². The second-order valence-electron chi connectivity index (χ2n) is 4.24. The maximum absolute atomic E-state index is 11.7. The fraction of sp³-hybridized carbons (Fsp3) is 0.0625. The van der Waals surface area contributed by atoms with Gasteiger partial charge in [0.25, 0.3) is 0 Å². The van der Waals surface area contributed by atoms with Crippen LogP contribution >= 0.6 is 0 Å².